The predicted octanol–water partition coefficient (Wildman–Crippen LogP) is 2.82. The standard InChI is InChI=1S/C26H27ClN4O5/c1-3-36-25(34)19-11-13-29(14-12-19)23(32)22-24(33)30(16-18-7-5-4-6-8-18)26(35)31(28-22)20-10-9-17(2)21(27)15-20/h4-10,15,19H,3,11-14,16H2,1-2H3. The molecule has 0 N–H and O–H groups in total. The number of hydrogen-bond acceptors (Lipinski definition) is 6. The molecule has 9 nitrogen and oxygen atoms in total. The number of aryl methyl sites for hydroxylation is 1. The molecule has 36 heavy (non-hydrogen) atoms. The van der Waals surface area contributed by atoms with Crippen molar-refractivity contribution in [2.75, 3.05) is 19.7 Å². The van der Waals surface area contributed by atoms with E-state index in [1.807, 2.05) is 13.0 Å². The van der Waals surface area contributed by atoms with Crippen molar-refractivity contribution >= 4 is 23.5 Å². The van der Waals surface area contributed by atoms with Crippen molar-refractivity contribution in [1.29, 1.82) is 0 Å². The first-order valence-corrected chi connectivity index (χ1v) is 12.2. The van der Waals surface area contributed by atoms with Gasteiger partial charge in [-0.1, -0.05) is 48.0 Å². The van der Waals surface area contributed by atoms with Crippen molar-refractivity contribution in [2.45, 2.75) is 33.2 Å². The smallest absolute Gasteiger partial charge is 0.352 e. The van der Waals surface area contributed by atoms with E-state index in [4.69, 9.17) is 16.3 Å². The number of nitrogens with zero attached hydrogens (tertiary/aromatic N) is 4. The lowest BCUT2D eigenvalue weighted by Gasteiger charge is -2.30. The Balaban J connectivity index is 1.74. The highest BCUT2D eigenvalue weighted by Gasteiger charge is 2.31. The van der Waals surface area contributed by atoms with Crippen molar-refractivity contribution in [3.05, 3.63) is 91.2 Å². The number of hydrogen-bond donors (Lipinski definition) is 0. The minimum atomic E-state index is -0.768. The summed E-state index contributed by atoms with van der Waals surface area (Å²) in [6, 6.07) is 14.0. The van der Waals surface area contributed by atoms with Crippen LogP contribution in [0.1, 0.15) is 41.4 Å². The zero-order chi connectivity index (χ0) is 25.8. The number of esters is 1. The van der Waals surface area contributed by atoms with Crippen LogP contribution in [0.3, 0.4) is 0 Å². The molecule has 0 saturated carbocycles. The summed E-state index contributed by atoms with van der Waals surface area (Å²) in [5.74, 6) is -1.16. The van der Waals surface area contributed by atoms with Gasteiger partial charge in [0.25, 0.3) is 11.5 Å². The first kappa shape index (κ1) is 25.4. The van der Waals surface area contributed by atoms with E-state index in [2.05, 4.69) is 5.10 Å². The highest BCUT2D eigenvalue weighted by molar-refractivity contribution is 6.31. The minimum Gasteiger partial charge on any atom is -0.466 e. The molecule has 1 aliphatic heterocycles. The summed E-state index contributed by atoms with van der Waals surface area (Å²) in [7, 11) is 0. The number of piperidine rings is 1. The van der Waals surface area contributed by atoms with Crippen LogP contribution in [0.25, 0.3) is 5.69 Å². The van der Waals surface area contributed by atoms with Crippen LogP contribution in [-0.2, 0) is 16.1 Å². The van der Waals surface area contributed by atoms with Crippen molar-refractivity contribution < 1.29 is 14.3 Å². The highest BCUT2D eigenvalue weighted by Crippen LogP contribution is 2.20. The molecule has 2 aromatic carbocycles. The second-order valence-electron chi connectivity index (χ2n) is 8.67. The third kappa shape index (κ3) is 5.26. The number of aromatic nitrogens is 3. The van der Waals surface area contributed by atoms with Crippen LogP contribution in [0.5, 0.6) is 0 Å². The molecule has 2 heterocycles. The molecule has 188 valence electrons. The Morgan fingerprint density at radius 2 is 1.78 bits per heavy atom. The summed E-state index contributed by atoms with van der Waals surface area (Å²) >= 11 is 6.28. The van der Waals surface area contributed by atoms with Crippen molar-refractivity contribution in [3.63, 3.8) is 0 Å². The molecule has 10 heteroatoms. The zero-order valence-electron chi connectivity index (χ0n) is 20.1. The van der Waals surface area contributed by atoms with E-state index in [0.717, 1.165) is 20.4 Å². The summed E-state index contributed by atoms with van der Waals surface area (Å²) in [6.07, 6.45) is 0.853. The van der Waals surface area contributed by atoms with Crippen molar-refractivity contribution in [2.24, 2.45) is 5.92 Å². The Kier molecular flexibility index (Phi) is 7.69. The number of rotatable bonds is 6. The molecule has 1 aromatic heterocycles. The van der Waals surface area contributed by atoms with E-state index in [0.29, 0.717) is 30.2 Å². The molecular formula is C26H27ClN4O5. The molecule has 4 rings (SSSR count). The van der Waals surface area contributed by atoms with Gasteiger partial charge in [-0.25, -0.2) is 4.79 Å². The highest BCUT2D eigenvalue weighted by atomic mass is 35.5. The minimum absolute atomic E-state index is 0.0220. The molecule has 0 bridgehead atoms. The van der Waals surface area contributed by atoms with Gasteiger partial charge in [-0.2, -0.15) is 9.78 Å². The van der Waals surface area contributed by atoms with Gasteiger partial charge >= 0.3 is 11.7 Å². The maximum atomic E-state index is 13.4. The summed E-state index contributed by atoms with van der Waals surface area (Å²) in [6.45, 7) is 4.40. The number of amides is 1. The van der Waals surface area contributed by atoms with Crippen molar-refractivity contribution in [1.82, 2.24) is 19.2 Å². The second-order valence-corrected chi connectivity index (χ2v) is 9.08. The molecule has 0 radical (unpaired) electrons. The average Bonchev–Trinajstić information content (AvgIpc) is 2.89. The lowest BCUT2D eigenvalue weighted by atomic mass is 9.97. The normalized spacial score (nSPS) is 14.0. The van der Waals surface area contributed by atoms with E-state index in [1.165, 1.54) is 4.90 Å². The van der Waals surface area contributed by atoms with Gasteiger partial charge < -0.3 is 9.64 Å². The third-order valence-corrected chi connectivity index (χ3v) is 6.66. The molecule has 0 atom stereocenters. The number of carbonyl (C=O) groups excluding carboxylic acids is 2. The van der Waals surface area contributed by atoms with Crippen LogP contribution < -0.4 is 11.2 Å². The first-order valence-electron chi connectivity index (χ1n) is 11.8. The molecule has 0 spiro atoms. The lowest BCUT2D eigenvalue weighted by Crippen LogP contribution is -2.48. The fraction of sp³-hybridized carbons (Fsp3) is 0.346. The monoisotopic (exact) mass is 510 g/mol. The Hall–Kier alpha value is -3.72. The number of carbonyl (C=O) groups is 2. The van der Waals surface area contributed by atoms with Crippen LogP contribution in [0, 0.1) is 12.8 Å². The Morgan fingerprint density at radius 1 is 1.08 bits per heavy atom. The topological polar surface area (TPSA) is 104 Å². The van der Waals surface area contributed by atoms with Crippen molar-refractivity contribution in [3.8, 4) is 5.69 Å². The summed E-state index contributed by atoms with van der Waals surface area (Å²) < 4.78 is 7.14. The number of halogens is 1. The van der Waals surface area contributed by atoms with Gasteiger partial charge in [0.05, 0.1) is 24.8 Å². The molecule has 0 aliphatic carbocycles. The third-order valence-electron chi connectivity index (χ3n) is 6.25. The van der Waals surface area contributed by atoms with Gasteiger partial charge in [-0.15, -0.1) is 0 Å². The fourth-order valence-electron chi connectivity index (χ4n) is 4.16. The number of ether oxygens (including phenoxy) is 1. The largest absolute Gasteiger partial charge is 0.466 e. The molecular weight excluding hydrogens is 484 g/mol. The molecule has 1 fully saturated rings. The average molecular weight is 511 g/mol. The van der Waals surface area contributed by atoms with Gasteiger partial charge in [-0.05, 0) is 49.9 Å². The first-order chi connectivity index (χ1) is 17.3. The fourth-order valence-corrected chi connectivity index (χ4v) is 4.34. The molecule has 1 amide bonds. The number of likely N-dealkylation sites (tertiary alicyclic amines) is 1. The summed E-state index contributed by atoms with van der Waals surface area (Å²) in [5, 5.41) is 4.63. The van der Waals surface area contributed by atoms with E-state index >= 15 is 0 Å². The van der Waals surface area contributed by atoms with Gasteiger partial charge in [0, 0.05) is 18.1 Å². The SMILES string of the molecule is CCOC(=O)C1CCN(C(=O)c2nn(-c3ccc(C)c(Cl)c3)c(=O)n(Cc3ccccc3)c2=O)CC1. The summed E-state index contributed by atoms with van der Waals surface area (Å²) in [5.41, 5.74) is 0.0679. The number of benzene rings is 2. The van der Waals surface area contributed by atoms with Crippen LogP contribution >= 0.6 is 11.6 Å². The maximum absolute atomic E-state index is 13.4. The van der Waals surface area contributed by atoms with Crippen LogP contribution in [0.4, 0.5) is 0 Å². The van der Waals surface area contributed by atoms with Gasteiger partial charge in [-0.3, -0.25) is 19.0 Å². The Labute approximate surface area is 212 Å². The molecule has 1 saturated heterocycles. The van der Waals surface area contributed by atoms with E-state index in [-0.39, 0.29) is 37.2 Å². The van der Waals surface area contributed by atoms with Crippen LogP contribution in [0.15, 0.2) is 58.1 Å². The zero-order valence-corrected chi connectivity index (χ0v) is 20.9. The maximum Gasteiger partial charge on any atom is 0.352 e. The Morgan fingerprint density at radius 3 is 2.42 bits per heavy atom. The van der Waals surface area contributed by atoms with E-state index in [9.17, 15) is 19.2 Å². The quantitative estimate of drug-likeness (QED) is 0.472. The van der Waals surface area contributed by atoms with Gasteiger partial charge in [0.2, 0.25) is 5.69 Å². The predicted molar refractivity (Wildman–Crippen MR) is 135 cm³/mol. The van der Waals surface area contributed by atoms with Gasteiger partial charge in [0.15, 0.2) is 0 Å². The van der Waals surface area contributed by atoms with Crippen LogP contribution in [-0.4, -0.2) is 50.8 Å². The summed E-state index contributed by atoms with van der Waals surface area (Å²) in [4.78, 5) is 53.7. The second kappa shape index (κ2) is 10.9. The molecule has 0 unspecified atom stereocenters. The molecule has 3 aromatic rings. The van der Waals surface area contributed by atoms with E-state index < -0.39 is 17.2 Å². The Bertz CT molecular complexity index is 1390. The lowest BCUT2D eigenvalue weighted by molar-refractivity contribution is -0.149. The van der Waals surface area contributed by atoms with Crippen LogP contribution in [0.2, 0.25) is 5.02 Å². The molecule has 1 aliphatic rings. The van der Waals surface area contributed by atoms with E-state index in [1.54, 1.807) is 49.4 Å². The van der Waals surface area contributed by atoms with Gasteiger partial charge in [0.1, 0.15) is 0 Å².